The number of aliphatic carboxylic acids is 1. The fraction of sp³-hybridized carbons (Fsp3) is 0.846. The van der Waals surface area contributed by atoms with E-state index < -0.39 is 12.0 Å². The van der Waals surface area contributed by atoms with E-state index in [0.29, 0.717) is 13.0 Å². The molecule has 0 aliphatic heterocycles. The lowest BCUT2D eigenvalue weighted by Crippen LogP contribution is -2.46. The van der Waals surface area contributed by atoms with E-state index in [9.17, 15) is 9.59 Å². The average molecular weight is 256 g/mol. The minimum Gasteiger partial charge on any atom is -0.481 e. The fourth-order valence-corrected chi connectivity index (χ4v) is 2.47. The summed E-state index contributed by atoms with van der Waals surface area (Å²) < 4.78 is 0. The Morgan fingerprint density at radius 3 is 2.67 bits per heavy atom. The van der Waals surface area contributed by atoms with Gasteiger partial charge in [-0.1, -0.05) is 26.7 Å². The maximum absolute atomic E-state index is 11.8. The van der Waals surface area contributed by atoms with Crippen LogP contribution in [0, 0.1) is 17.8 Å². The van der Waals surface area contributed by atoms with Crippen molar-refractivity contribution in [3.05, 3.63) is 0 Å². The van der Waals surface area contributed by atoms with Gasteiger partial charge in [0.05, 0.1) is 12.0 Å². The van der Waals surface area contributed by atoms with Gasteiger partial charge < -0.3 is 16.2 Å². The highest BCUT2D eigenvalue weighted by molar-refractivity contribution is 5.81. The van der Waals surface area contributed by atoms with Gasteiger partial charge in [-0.2, -0.15) is 0 Å². The summed E-state index contributed by atoms with van der Waals surface area (Å²) in [6.07, 6.45) is 3.37. The lowest BCUT2D eigenvalue weighted by atomic mass is 9.95. The maximum Gasteiger partial charge on any atom is 0.306 e. The van der Waals surface area contributed by atoms with Crippen LogP contribution in [0.4, 0.5) is 0 Å². The second-order valence-corrected chi connectivity index (χ2v) is 5.29. The van der Waals surface area contributed by atoms with Crippen molar-refractivity contribution in [2.24, 2.45) is 23.5 Å². The normalized spacial score (nSPS) is 26.6. The van der Waals surface area contributed by atoms with Crippen LogP contribution in [0.15, 0.2) is 0 Å². The van der Waals surface area contributed by atoms with Crippen LogP contribution in [0.2, 0.25) is 0 Å². The van der Waals surface area contributed by atoms with Gasteiger partial charge in [0.25, 0.3) is 0 Å². The number of carbonyl (C=O) groups is 2. The minimum atomic E-state index is -0.752. The SMILES string of the molecule is CC[C@H](C)[C@H](N)C(=O)NCC1CCCC1C(=O)O. The van der Waals surface area contributed by atoms with E-state index in [-0.39, 0.29) is 23.7 Å². The molecule has 0 spiro atoms. The summed E-state index contributed by atoms with van der Waals surface area (Å²) in [5, 5.41) is 11.8. The molecule has 0 radical (unpaired) electrons. The van der Waals surface area contributed by atoms with Gasteiger partial charge in [0.2, 0.25) is 5.91 Å². The third-order valence-corrected chi connectivity index (χ3v) is 4.07. The van der Waals surface area contributed by atoms with Crippen LogP contribution < -0.4 is 11.1 Å². The van der Waals surface area contributed by atoms with Crippen LogP contribution in [0.3, 0.4) is 0 Å². The molecule has 0 aromatic carbocycles. The minimum absolute atomic E-state index is 0.0515. The van der Waals surface area contributed by atoms with Crippen LogP contribution in [-0.4, -0.2) is 29.6 Å². The summed E-state index contributed by atoms with van der Waals surface area (Å²) in [7, 11) is 0. The predicted molar refractivity (Wildman–Crippen MR) is 68.9 cm³/mol. The van der Waals surface area contributed by atoms with E-state index in [2.05, 4.69) is 5.32 Å². The average Bonchev–Trinajstić information content (AvgIpc) is 2.82. The molecule has 18 heavy (non-hydrogen) atoms. The van der Waals surface area contributed by atoms with Crippen LogP contribution in [-0.2, 0) is 9.59 Å². The monoisotopic (exact) mass is 256 g/mol. The van der Waals surface area contributed by atoms with Gasteiger partial charge in [0.15, 0.2) is 0 Å². The number of nitrogens with two attached hydrogens (primary N) is 1. The van der Waals surface area contributed by atoms with Gasteiger partial charge >= 0.3 is 5.97 Å². The number of carbonyl (C=O) groups excluding carboxylic acids is 1. The predicted octanol–water partition coefficient (Wildman–Crippen LogP) is 0.977. The highest BCUT2D eigenvalue weighted by Gasteiger charge is 2.33. The molecule has 0 saturated heterocycles. The summed E-state index contributed by atoms with van der Waals surface area (Å²) in [6, 6.07) is -0.500. The van der Waals surface area contributed by atoms with Crippen molar-refractivity contribution in [1.29, 1.82) is 0 Å². The molecule has 1 saturated carbocycles. The van der Waals surface area contributed by atoms with Crippen LogP contribution in [0.5, 0.6) is 0 Å². The molecular weight excluding hydrogens is 232 g/mol. The van der Waals surface area contributed by atoms with E-state index in [1.807, 2.05) is 13.8 Å². The zero-order valence-electron chi connectivity index (χ0n) is 11.2. The second kappa shape index (κ2) is 6.73. The molecule has 2 unspecified atom stereocenters. The number of nitrogens with one attached hydrogen (secondary N) is 1. The third-order valence-electron chi connectivity index (χ3n) is 4.07. The maximum atomic E-state index is 11.8. The van der Waals surface area contributed by atoms with Crippen LogP contribution in [0.1, 0.15) is 39.5 Å². The molecule has 1 aliphatic rings. The van der Waals surface area contributed by atoms with Crippen molar-refractivity contribution in [2.45, 2.75) is 45.6 Å². The Bertz CT molecular complexity index is 307. The standard InChI is InChI=1S/C13H24N2O3/c1-3-8(2)11(14)12(16)15-7-9-5-4-6-10(9)13(17)18/h8-11H,3-7,14H2,1-2H3,(H,15,16)(H,17,18)/t8-,9?,10?,11-/m0/s1. The molecular formula is C13H24N2O3. The fourth-order valence-electron chi connectivity index (χ4n) is 2.47. The number of amides is 1. The van der Waals surface area contributed by atoms with Gasteiger partial charge in [-0.3, -0.25) is 9.59 Å². The molecule has 0 aromatic rings. The largest absolute Gasteiger partial charge is 0.481 e. The zero-order chi connectivity index (χ0) is 13.7. The molecule has 1 fully saturated rings. The lowest BCUT2D eigenvalue weighted by molar-refractivity contribution is -0.143. The Kier molecular flexibility index (Phi) is 5.59. The van der Waals surface area contributed by atoms with E-state index >= 15 is 0 Å². The number of hydrogen-bond acceptors (Lipinski definition) is 3. The van der Waals surface area contributed by atoms with Crippen LogP contribution >= 0.6 is 0 Å². The van der Waals surface area contributed by atoms with Crippen LogP contribution in [0.25, 0.3) is 0 Å². The van der Waals surface area contributed by atoms with Gasteiger partial charge in [-0.15, -0.1) is 0 Å². The van der Waals surface area contributed by atoms with Crippen molar-refractivity contribution in [3.8, 4) is 0 Å². The summed E-state index contributed by atoms with van der Waals surface area (Å²) in [4.78, 5) is 22.8. The Balaban J connectivity index is 2.40. The molecule has 0 aromatic heterocycles. The van der Waals surface area contributed by atoms with Crippen molar-refractivity contribution in [3.63, 3.8) is 0 Å². The molecule has 5 heteroatoms. The molecule has 5 nitrogen and oxygen atoms in total. The van der Waals surface area contributed by atoms with E-state index in [4.69, 9.17) is 10.8 Å². The molecule has 0 heterocycles. The Labute approximate surface area is 108 Å². The summed E-state index contributed by atoms with van der Waals surface area (Å²) in [5.74, 6) is -1.04. The smallest absolute Gasteiger partial charge is 0.306 e. The number of carboxylic acid groups (broad SMARTS) is 1. The molecule has 1 aliphatic carbocycles. The van der Waals surface area contributed by atoms with E-state index in [0.717, 1.165) is 19.3 Å². The number of rotatable bonds is 6. The molecule has 104 valence electrons. The Morgan fingerprint density at radius 2 is 2.11 bits per heavy atom. The van der Waals surface area contributed by atoms with Crippen molar-refractivity contribution in [2.75, 3.05) is 6.54 Å². The van der Waals surface area contributed by atoms with Gasteiger partial charge in [-0.25, -0.2) is 0 Å². The van der Waals surface area contributed by atoms with Crippen molar-refractivity contribution in [1.82, 2.24) is 5.32 Å². The summed E-state index contributed by atoms with van der Waals surface area (Å²) in [6.45, 7) is 4.37. The first-order chi connectivity index (χ1) is 8.47. The Morgan fingerprint density at radius 1 is 1.44 bits per heavy atom. The first-order valence-electron chi connectivity index (χ1n) is 6.73. The van der Waals surface area contributed by atoms with Crippen molar-refractivity contribution >= 4 is 11.9 Å². The first-order valence-corrected chi connectivity index (χ1v) is 6.73. The topological polar surface area (TPSA) is 92.4 Å². The van der Waals surface area contributed by atoms with Gasteiger partial charge in [0.1, 0.15) is 0 Å². The molecule has 1 rings (SSSR count). The molecule has 1 amide bonds. The lowest BCUT2D eigenvalue weighted by Gasteiger charge is -2.21. The van der Waals surface area contributed by atoms with Crippen molar-refractivity contribution < 1.29 is 14.7 Å². The van der Waals surface area contributed by atoms with Gasteiger partial charge in [0, 0.05) is 6.54 Å². The number of carboxylic acids is 1. The summed E-state index contributed by atoms with van der Waals surface area (Å²) >= 11 is 0. The highest BCUT2D eigenvalue weighted by Crippen LogP contribution is 2.31. The Hall–Kier alpha value is -1.10. The quantitative estimate of drug-likeness (QED) is 0.660. The second-order valence-electron chi connectivity index (χ2n) is 5.29. The molecule has 4 atom stereocenters. The molecule has 0 bridgehead atoms. The van der Waals surface area contributed by atoms with E-state index in [1.165, 1.54) is 0 Å². The highest BCUT2D eigenvalue weighted by atomic mass is 16.4. The molecule has 4 N–H and O–H groups in total. The third kappa shape index (κ3) is 3.70. The first kappa shape index (κ1) is 15.0. The van der Waals surface area contributed by atoms with Gasteiger partial charge in [-0.05, 0) is 24.7 Å². The van der Waals surface area contributed by atoms with E-state index in [1.54, 1.807) is 0 Å². The summed E-state index contributed by atoms with van der Waals surface area (Å²) in [5.41, 5.74) is 5.82. The number of hydrogen-bond donors (Lipinski definition) is 3. The zero-order valence-corrected chi connectivity index (χ0v) is 11.2.